The minimum absolute atomic E-state index is 0.0822. The number of carbonyl (C=O) groups is 2. The third-order valence-electron chi connectivity index (χ3n) is 6.53. The number of likely N-dealkylation sites (tertiary alicyclic amines) is 1. The lowest BCUT2D eigenvalue weighted by molar-refractivity contribution is -0.141. The second kappa shape index (κ2) is 8.58. The number of carbonyl (C=O) groups excluding carboxylic acids is 2. The van der Waals surface area contributed by atoms with Gasteiger partial charge >= 0.3 is 0 Å². The third kappa shape index (κ3) is 4.11. The van der Waals surface area contributed by atoms with E-state index in [0.29, 0.717) is 37.5 Å². The van der Waals surface area contributed by atoms with E-state index in [0.717, 1.165) is 37.7 Å². The van der Waals surface area contributed by atoms with Crippen LogP contribution in [0.5, 0.6) is 0 Å². The monoisotopic (exact) mass is 413 g/mol. The van der Waals surface area contributed by atoms with Gasteiger partial charge in [-0.05, 0) is 50.3 Å². The predicted octanol–water partition coefficient (Wildman–Crippen LogP) is 4.20. The van der Waals surface area contributed by atoms with Crippen LogP contribution in [-0.2, 0) is 15.0 Å². The maximum Gasteiger partial charge on any atom is 0.233 e. The number of aryl methyl sites for hydroxylation is 1. The van der Waals surface area contributed by atoms with Crippen molar-refractivity contribution in [2.24, 2.45) is 5.92 Å². The van der Waals surface area contributed by atoms with Gasteiger partial charge in [-0.25, -0.2) is 4.39 Å². The van der Waals surface area contributed by atoms with Gasteiger partial charge in [0.15, 0.2) is 5.82 Å². The van der Waals surface area contributed by atoms with Gasteiger partial charge in [0, 0.05) is 25.1 Å². The summed E-state index contributed by atoms with van der Waals surface area (Å²) in [4.78, 5) is 28.1. The minimum atomic E-state index is -0.645. The first-order valence-electron chi connectivity index (χ1n) is 10.8. The highest BCUT2D eigenvalue weighted by molar-refractivity contribution is 5.92. The molecule has 2 heterocycles. The molecule has 1 saturated heterocycles. The Morgan fingerprint density at radius 3 is 2.53 bits per heavy atom. The molecule has 1 aliphatic heterocycles. The lowest BCUT2D eigenvalue weighted by atomic mass is 9.68. The Morgan fingerprint density at radius 2 is 1.90 bits per heavy atom. The van der Waals surface area contributed by atoms with Gasteiger partial charge in [0.1, 0.15) is 11.6 Å². The third-order valence-corrected chi connectivity index (χ3v) is 6.53. The van der Waals surface area contributed by atoms with Crippen molar-refractivity contribution in [1.29, 1.82) is 0 Å². The van der Waals surface area contributed by atoms with Crippen molar-refractivity contribution in [2.45, 2.75) is 57.3 Å². The van der Waals surface area contributed by atoms with E-state index in [1.807, 2.05) is 11.0 Å². The fourth-order valence-corrected chi connectivity index (χ4v) is 4.87. The molecular formula is C23H28FN3O3. The van der Waals surface area contributed by atoms with Crippen LogP contribution in [0.25, 0.3) is 0 Å². The summed E-state index contributed by atoms with van der Waals surface area (Å²) in [7, 11) is 0. The molecule has 2 aliphatic rings. The SMILES string of the molecule is Cc1cc(NC(=O)C2CCN(C(=O)C3(c4cccc(F)c4)CCCCC3)CC2)no1. The fourth-order valence-electron chi connectivity index (χ4n) is 4.87. The number of rotatable bonds is 4. The average molecular weight is 413 g/mol. The number of amides is 2. The highest BCUT2D eigenvalue weighted by Gasteiger charge is 2.44. The van der Waals surface area contributed by atoms with Gasteiger partial charge in [-0.15, -0.1) is 0 Å². The largest absolute Gasteiger partial charge is 0.360 e. The summed E-state index contributed by atoms with van der Waals surface area (Å²) in [6.07, 6.45) is 5.76. The Bertz CT molecular complexity index is 912. The molecule has 0 unspecified atom stereocenters. The number of nitrogens with zero attached hydrogens (tertiary/aromatic N) is 2. The summed E-state index contributed by atoms with van der Waals surface area (Å²) in [5.74, 6) is 0.585. The molecule has 1 N–H and O–H groups in total. The zero-order valence-electron chi connectivity index (χ0n) is 17.3. The molecule has 1 aliphatic carbocycles. The quantitative estimate of drug-likeness (QED) is 0.815. The first-order chi connectivity index (χ1) is 14.5. The minimum Gasteiger partial charge on any atom is -0.360 e. The van der Waals surface area contributed by atoms with E-state index in [9.17, 15) is 14.0 Å². The Balaban J connectivity index is 1.43. The summed E-state index contributed by atoms with van der Waals surface area (Å²) in [5, 5.41) is 6.59. The Morgan fingerprint density at radius 1 is 1.17 bits per heavy atom. The van der Waals surface area contributed by atoms with Gasteiger partial charge in [0.05, 0.1) is 5.41 Å². The number of hydrogen-bond donors (Lipinski definition) is 1. The van der Waals surface area contributed by atoms with Gasteiger partial charge in [0.25, 0.3) is 0 Å². The smallest absolute Gasteiger partial charge is 0.233 e. The maximum atomic E-state index is 13.9. The first-order valence-corrected chi connectivity index (χ1v) is 10.8. The first kappa shape index (κ1) is 20.6. The van der Waals surface area contributed by atoms with Crippen LogP contribution in [-0.4, -0.2) is 35.0 Å². The summed E-state index contributed by atoms with van der Waals surface area (Å²) in [6, 6.07) is 8.19. The molecule has 2 fully saturated rings. The number of hydrogen-bond acceptors (Lipinski definition) is 4. The van der Waals surface area contributed by atoms with Gasteiger partial charge in [-0.3, -0.25) is 9.59 Å². The average Bonchev–Trinajstić information content (AvgIpc) is 3.18. The zero-order valence-corrected chi connectivity index (χ0v) is 17.3. The Labute approximate surface area is 175 Å². The number of nitrogens with one attached hydrogen (secondary N) is 1. The summed E-state index contributed by atoms with van der Waals surface area (Å²) < 4.78 is 18.9. The molecule has 0 bridgehead atoms. The normalized spacial score (nSPS) is 19.5. The molecule has 0 spiro atoms. The van der Waals surface area contributed by atoms with Crippen LogP contribution in [0.3, 0.4) is 0 Å². The molecule has 0 atom stereocenters. The van der Waals surface area contributed by atoms with Crippen LogP contribution < -0.4 is 5.32 Å². The number of aromatic nitrogens is 1. The zero-order chi connectivity index (χ0) is 21.1. The topological polar surface area (TPSA) is 75.4 Å². The van der Waals surface area contributed by atoms with Crippen molar-refractivity contribution < 1.29 is 18.5 Å². The highest BCUT2D eigenvalue weighted by atomic mass is 19.1. The molecule has 7 heteroatoms. The van der Waals surface area contributed by atoms with E-state index in [-0.39, 0.29) is 23.5 Å². The lowest BCUT2D eigenvalue weighted by Gasteiger charge is -2.42. The molecule has 30 heavy (non-hydrogen) atoms. The standard InChI is InChI=1S/C23H28FN3O3/c1-16-14-20(26-30-16)25-21(28)17-8-12-27(13-9-17)22(29)23(10-3-2-4-11-23)18-6-5-7-19(24)15-18/h5-7,14-15,17H,2-4,8-13H2,1H3,(H,25,26,28). The van der Waals surface area contributed by atoms with Gasteiger partial charge in [-0.2, -0.15) is 0 Å². The van der Waals surface area contributed by atoms with E-state index in [2.05, 4.69) is 10.5 Å². The molecule has 2 aromatic rings. The summed E-state index contributed by atoms with van der Waals surface area (Å²) in [6.45, 7) is 2.84. The Kier molecular flexibility index (Phi) is 5.88. The molecule has 2 amide bonds. The second-order valence-electron chi connectivity index (χ2n) is 8.53. The number of anilines is 1. The van der Waals surface area contributed by atoms with Crippen LogP contribution in [0.15, 0.2) is 34.9 Å². The molecule has 1 aromatic heterocycles. The van der Waals surface area contributed by atoms with Crippen molar-refractivity contribution in [1.82, 2.24) is 10.1 Å². The maximum absolute atomic E-state index is 13.9. The second-order valence-corrected chi connectivity index (χ2v) is 8.53. The van der Waals surface area contributed by atoms with Crippen molar-refractivity contribution in [3.63, 3.8) is 0 Å². The highest BCUT2D eigenvalue weighted by Crippen LogP contribution is 2.42. The number of piperidine rings is 1. The molecule has 6 nitrogen and oxygen atoms in total. The molecule has 4 rings (SSSR count). The summed E-state index contributed by atoms with van der Waals surface area (Å²) in [5.41, 5.74) is 0.140. The van der Waals surface area contributed by atoms with Crippen LogP contribution in [0.2, 0.25) is 0 Å². The molecule has 160 valence electrons. The molecule has 0 radical (unpaired) electrons. The summed E-state index contributed by atoms with van der Waals surface area (Å²) >= 11 is 0. The lowest BCUT2D eigenvalue weighted by Crippen LogP contribution is -2.51. The fraction of sp³-hybridized carbons (Fsp3) is 0.522. The van der Waals surface area contributed by atoms with Gasteiger partial charge in [0.2, 0.25) is 11.8 Å². The van der Waals surface area contributed by atoms with Crippen LogP contribution >= 0.6 is 0 Å². The van der Waals surface area contributed by atoms with E-state index in [4.69, 9.17) is 4.52 Å². The van der Waals surface area contributed by atoms with Gasteiger partial charge in [-0.1, -0.05) is 36.6 Å². The molecular weight excluding hydrogens is 385 g/mol. The van der Waals surface area contributed by atoms with Crippen LogP contribution in [0.4, 0.5) is 10.2 Å². The Hall–Kier alpha value is -2.70. The number of halogens is 1. The number of benzene rings is 1. The van der Waals surface area contributed by atoms with E-state index >= 15 is 0 Å². The van der Waals surface area contributed by atoms with E-state index in [1.165, 1.54) is 12.1 Å². The molecule has 1 aromatic carbocycles. The van der Waals surface area contributed by atoms with Crippen molar-refractivity contribution >= 4 is 17.6 Å². The predicted molar refractivity (Wildman–Crippen MR) is 110 cm³/mol. The van der Waals surface area contributed by atoms with Gasteiger partial charge < -0.3 is 14.7 Å². The van der Waals surface area contributed by atoms with E-state index in [1.54, 1.807) is 19.1 Å². The molecule has 1 saturated carbocycles. The van der Waals surface area contributed by atoms with Crippen molar-refractivity contribution in [3.8, 4) is 0 Å². The van der Waals surface area contributed by atoms with E-state index < -0.39 is 5.41 Å². The van der Waals surface area contributed by atoms with Crippen LogP contribution in [0, 0.1) is 18.7 Å². The van der Waals surface area contributed by atoms with Crippen molar-refractivity contribution in [3.05, 3.63) is 47.5 Å². The van der Waals surface area contributed by atoms with Crippen LogP contribution in [0.1, 0.15) is 56.3 Å². The van der Waals surface area contributed by atoms with Crippen molar-refractivity contribution in [2.75, 3.05) is 18.4 Å².